The van der Waals surface area contributed by atoms with E-state index in [1.165, 1.54) is 24.8 Å². The van der Waals surface area contributed by atoms with Crippen LogP contribution in [0, 0.1) is 5.41 Å². The van der Waals surface area contributed by atoms with E-state index in [9.17, 15) is 0 Å². The van der Waals surface area contributed by atoms with Gasteiger partial charge >= 0.3 is 0 Å². The molecule has 3 heteroatoms. The third kappa shape index (κ3) is 3.51. The van der Waals surface area contributed by atoms with E-state index in [1.54, 1.807) is 7.11 Å². The fourth-order valence-corrected chi connectivity index (χ4v) is 3.32. The van der Waals surface area contributed by atoms with E-state index >= 15 is 0 Å². The van der Waals surface area contributed by atoms with Crippen LogP contribution in [0.15, 0.2) is 22.7 Å². The molecule has 1 aromatic carbocycles. The van der Waals surface area contributed by atoms with Gasteiger partial charge in [-0.25, -0.2) is 0 Å². The first-order valence-electron chi connectivity index (χ1n) is 7.17. The first kappa shape index (κ1) is 14.9. The maximum absolute atomic E-state index is 5.29. The SMILES string of the molecule is CCCNC(C)C1(Cc2ccc(OC)c(Br)c2)CC1. The van der Waals surface area contributed by atoms with Gasteiger partial charge in [-0.3, -0.25) is 0 Å². The van der Waals surface area contributed by atoms with Crippen LogP contribution in [0.25, 0.3) is 0 Å². The third-order valence-corrected chi connectivity index (χ3v) is 4.90. The topological polar surface area (TPSA) is 21.3 Å². The van der Waals surface area contributed by atoms with Crippen LogP contribution in [0.2, 0.25) is 0 Å². The smallest absolute Gasteiger partial charge is 0.133 e. The van der Waals surface area contributed by atoms with Crippen molar-refractivity contribution in [3.8, 4) is 5.75 Å². The lowest BCUT2D eigenvalue weighted by Gasteiger charge is -2.25. The summed E-state index contributed by atoms with van der Waals surface area (Å²) in [6.07, 6.45) is 5.05. The standard InChI is InChI=1S/C16H24BrNO/c1-4-9-18-12(2)16(7-8-16)11-13-5-6-15(19-3)14(17)10-13/h5-6,10,12,18H,4,7-9,11H2,1-3H3. The molecule has 0 saturated heterocycles. The lowest BCUT2D eigenvalue weighted by atomic mass is 9.89. The zero-order valence-electron chi connectivity index (χ0n) is 12.1. The summed E-state index contributed by atoms with van der Waals surface area (Å²) in [4.78, 5) is 0. The predicted octanol–water partition coefficient (Wildman–Crippen LogP) is 4.17. The summed E-state index contributed by atoms with van der Waals surface area (Å²) in [6.45, 7) is 5.68. The Hall–Kier alpha value is -0.540. The van der Waals surface area contributed by atoms with Crippen LogP contribution in [0.3, 0.4) is 0 Å². The average Bonchev–Trinajstić information content (AvgIpc) is 3.17. The number of rotatable bonds is 7. The molecule has 0 heterocycles. The molecule has 1 N–H and O–H groups in total. The minimum absolute atomic E-state index is 0.475. The van der Waals surface area contributed by atoms with E-state index < -0.39 is 0 Å². The Morgan fingerprint density at radius 2 is 2.16 bits per heavy atom. The maximum atomic E-state index is 5.29. The molecule has 0 spiro atoms. The fraction of sp³-hybridized carbons (Fsp3) is 0.625. The van der Waals surface area contributed by atoms with E-state index in [0.717, 1.165) is 23.2 Å². The number of halogens is 1. The normalized spacial score (nSPS) is 18.1. The Bertz CT molecular complexity index is 429. The molecule has 1 saturated carbocycles. The molecule has 1 aliphatic rings. The van der Waals surface area contributed by atoms with Crippen molar-refractivity contribution in [1.82, 2.24) is 5.32 Å². The minimum Gasteiger partial charge on any atom is -0.496 e. The molecule has 1 fully saturated rings. The molecule has 2 nitrogen and oxygen atoms in total. The molecule has 1 aliphatic carbocycles. The van der Waals surface area contributed by atoms with Gasteiger partial charge in [-0.15, -0.1) is 0 Å². The van der Waals surface area contributed by atoms with Gasteiger partial charge in [0.1, 0.15) is 5.75 Å². The summed E-state index contributed by atoms with van der Waals surface area (Å²) < 4.78 is 6.34. The van der Waals surface area contributed by atoms with E-state index in [4.69, 9.17) is 4.74 Å². The summed E-state index contributed by atoms with van der Waals surface area (Å²) in [5.74, 6) is 0.908. The first-order chi connectivity index (χ1) is 9.11. The van der Waals surface area contributed by atoms with Gasteiger partial charge in [-0.2, -0.15) is 0 Å². The van der Waals surface area contributed by atoms with Crippen molar-refractivity contribution in [2.75, 3.05) is 13.7 Å². The molecule has 0 bridgehead atoms. The maximum Gasteiger partial charge on any atom is 0.133 e. The lowest BCUT2D eigenvalue weighted by Crippen LogP contribution is -2.36. The fourth-order valence-electron chi connectivity index (χ4n) is 2.73. The van der Waals surface area contributed by atoms with Crippen LogP contribution < -0.4 is 10.1 Å². The van der Waals surface area contributed by atoms with E-state index in [2.05, 4.69) is 53.3 Å². The zero-order valence-corrected chi connectivity index (χ0v) is 13.7. The lowest BCUT2D eigenvalue weighted by molar-refractivity contribution is 0.350. The Morgan fingerprint density at radius 1 is 1.42 bits per heavy atom. The summed E-state index contributed by atoms with van der Waals surface area (Å²) in [5.41, 5.74) is 1.87. The highest BCUT2D eigenvalue weighted by Crippen LogP contribution is 2.51. The van der Waals surface area contributed by atoms with Crippen molar-refractivity contribution >= 4 is 15.9 Å². The second kappa shape index (κ2) is 6.27. The number of nitrogens with one attached hydrogen (secondary N) is 1. The largest absolute Gasteiger partial charge is 0.496 e. The number of benzene rings is 1. The van der Waals surface area contributed by atoms with E-state index in [-0.39, 0.29) is 0 Å². The van der Waals surface area contributed by atoms with Crippen LogP contribution >= 0.6 is 15.9 Å². The van der Waals surface area contributed by atoms with Gasteiger partial charge in [0.15, 0.2) is 0 Å². The summed E-state index contributed by atoms with van der Waals surface area (Å²) in [6, 6.07) is 7.05. The van der Waals surface area contributed by atoms with E-state index in [0.29, 0.717) is 11.5 Å². The van der Waals surface area contributed by atoms with Crippen molar-refractivity contribution < 1.29 is 4.74 Å². The molecule has 1 atom stereocenters. The molecule has 0 aliphatic heterocycles. The van der Waals surface area contributed by atoms with Crippen LogP contribution in [-0.4, -0.2) is 19.7 Å². The van der Waals surface area contributed by atoms with Crippen molar-refractivity contribution in [3.63, 3.8) is 0 Å². The van der Waals surface area contributed by atoms with Crippen molar-refractivity contribution in [1.29, 1.82) is 0 Å². The Labute approximate surface area is 125 Å². The zero-order chi connectivity index (χ0) is 13.9. The highest BCUT2D eigenvalue weighted by molar-refractivity contribution is 9.10. The van der Waals surface area contributed by atoms with Crippen molar-refractivity contribution in [2.24, 2.45) is 5.41 Å². The van der Waals surface area contributed by atoms with Crippen molar-refractivity contribution in [3.05, 3.63) is 28.2 Å². The van der Waals surface area contributed by atoms with Gasteiger partial charge < -0.3 is 10.1 Å². The van der Waals surface area contributed by atoms with Gasteiger partial charge in [0.2, 0.25) is 0 Å². The number of methoxy groups -OCH3 is 1. The van der Waals surface area contributed by atoms with Crippen molar-refractivity contribution in [2.45, 2.75) is 45.6 Å². The summed E-state index contributed by atoms with van der Waals surface area (Å²) >= 11 is 3.57. The Kier molecular flexibility index (Phi) is 4.91. The average molecular weight is 326 g/mol. The number of hydrogen-bond donors (Lipinski definition) is 1. The van der Waals surface area contributed by atoms with Crippen LogP contribution in [-0.2, 0) is 6.42 Å². The molecule has 0 radical (unpaired) electrons. The van der Waals surface area contributed by atoms with Gasteiger partial charge in [-0.1, -0.05) is 13.0 Å². The molecule has 2 rings (SSSR count). The quantitative estimate of drug-likeness (QED) is 0.812. The first-order valence-corrected chi connectivity index (χ1v) is 7.96. The van der Waals surface area contributed by atoms with Crippen LogP contribution in [0.4, 0.5) is 0 Å². The highest BCUT2D eigenvalue weighted by atomic mass is 79.9. The van der Waals surface area contributed by atoms with Gasteiger partial charge in [-0.05, 0) is 78.2 Å². The molecule has 1 unspecified atom stereocenters. The number of hydrogen-bond acceptors (Lipinski definition) is 2. The highest BCUT2D eigenvalue weighted by Gasteiger charge is 2.46. The minimum atomic E-state index is 0.475. The Balaban J connectivity index is 2.02. The third-order valence-electron chi connectivity index (χ3n) is 4.28. The molecule has 19 heavy (non-hydrogen) atoms. The molecule has 0 aromatic heterocycles. The van der Waals surface area contributed by atoms with Gasteiger partial charge in [0, 0.05) is 6.04 Å². The second-order valence-electron chi connectivity index (χ2n) is 5.68. The monoisotopic (exact) mass is 325 g/mol. The van der Waals surface area contributed by atoms with Gasteiger partial charge in [0.05, 0.1) is 11.6 Å². The summed E-state index contributed by atoms with van der Waals surface area (Å²) in [7, 11) is 1.71. The van der Waals surface area contributed by atoms with Crippen LogP contribution in [0.1, 0.15) is 38.7 Å². The second-order valence-corrected chi connectivity index (χ2v) is 6.54. The molecule has 1 aromatic rings. The predicted molar refractivity (Wildman–Crippen MR) is 83.8 cm³/mol. The number of ether oxygens (including phenoxy) is 1. The van der Waals surface area contributed by atoms with E-state index in [1.807, 2.05) is 0 Å². The Morgan fingerprint density at radius 3 is 2.68 bits per heavy atom. The molecular weight excluding hydrogens is 302 g/mol. The van der Waals surface area contributed by atoms with Gasteiger partial charge in [0.25, 0.3) is 0 Å². The molecule has 0 amide bonds. The molecule has 106 valence electrons. The summed E-state index contributed by atoms with van der Waals surface area (Å²) in [5, 5.41) is 3.66. The molecular formula is C16H24BrNO. The van der Waals surface area contributed by atoms with Crippen LogP contribution in [0.5, 0.6) is 5.75 Å².